The number of carbonyl (C=O) groups is 4. The fraction of sp³-hybridized carbons (Fsp3) is 0.583. The smallest absolute Gasteiger partial charge is 0.309 e. The maximum Gasteiger partial charge on any atom is 0.309 e. The van der Waals surface area contributed by atoms with Gasteiger partial charge in [-0.1, -0.05) is 30.3 Å². The average molecular weight is 409 g/mol. The summed E-state index contributed by atoms with van der Waals surface area (Å²) in [6.07, 6.45) is 5.65. The number of benzene rings is 1. The van der Waals surface area contributed by atoms with Gasteiger partial charge in [-0.25, -0.2) is 0 Å². The lowest BCUT2D eigenvalue weighted by molar-refractivity contribution is -0.149. The molecule has 0 radical (unpaired) electrons. The lowest BCUT2D eigenvalue weighted by Crippen LogP contribution is -2.44. The monoisotopic (exact) mass is 409 g/mol. The van der Waals surface area contributed by atoms with Gasteiger partial charge in [0.05, 0.1) is 17.8 Å². The van der Waals surface area contributed by atoms with Crippen molar-refractivity contribution in [1.29, 1.82) is 0 Å². The number of carbonyl (C=O) groups excluding carboxylic acids is 4. The molecule has 3 aliphatic carbocycles. The van der Waals surface area contributed by atoms with Crippen molar-refractivity contribution >= 4 is 23.6 Å². The maximum absolute atomic E-state index is 13.0. The first-order valence-corrected chi connectivity index (χ1v) is 11.2. The molecule has 6 nitrogen and oxygen atoms in total. The van der Waals surface area contributed by atoms with Crippen LogP contribution in [0.2, 0.25) is 0 Å². The summed E-state index contributed by atoms with van der Waals surface area (Å²) < 4.78 is 5.26. The Balaban J connectivity index is 1.14. The van der Waals surface area contributed by atoms with Crippen molar-refractivity contribution in [2.24, 2.45) is 29.6 Å². The van der Waals surface area contributed by atoms with Crippen LogP contribution in [0.25, 0.3) is 0 Å². The summed E-state index contributed by atoms with van der Waals surface area (Å²) in [5, 5.41) is 0. The molecule has 0 unspecified atom stereocenters. The lowest BCUT2D eigenvalue weighted by Gasteiger charge is -2.33. The number of hydrogen-bond donors (Lipinski definition) is 0. The molecule has 1 aromatic carbocycles. The second-order valence-electron chi connectivity index (χ2n) is 9.33. The third-order valence-corrected chi connectivity index (χ3v) is 7.80. The number of nitrogens with zero attached hydrogens (tertiary/aromatic N) is 1. The van der Waals surface area contributed by atoms with Gasteiger partial charge in [0.25, 0.3) is 0 Å². The first-order chi connectivity index (χ1) is 14.5. The number of imide groups is 1. The van der Waals surface area contributed by atoms with Gasteiger partial charge in [0.2, 0.25) is 11.8 Å². The molecule has 3 saturated carbocycles. The molecule has 158 valence electrons. The number of likely N-dealkylation sites (tertiary alicyclic amines) is 1. The van der Waals surface area contributed by atoms with Crippen LogP contribution in [-0.4, -0.2) is 41.1 Å². The number of hydrogen-bond acceptors (Lipinski definition) is 5. The van der Waals surface area contributed by atoms with Crippen LogP contribution >= 0.6 is 0 Å². The predicted octanol–water partition coefficient (Wildman–Crippen LogP) is 3.00. The molecule has 0 aromatic heterocycles. The fourth-order valence-corrected chi connectivity index (χ4v) is 6.32. The van der Waals surface area contributed by atoms with Crippen LogP contribution in [0, 0.1) is 29.6 Å². The van der Waals surface area contributed by atoms with Crippen LogP contribution in [0.5, 0.6) is 0 Å². The summed E-state index contributed by atoms with van der Waals surface area (Å²) in [6, 6.07) is 8.69. The van der Waals surface area contributed by atoms with Gasteiger partial charge >= 0.3 is 5.97 Å². The van der Waals surface area contributed by atoms with Gasteiger partial charge in [-0.05, 0) is 56.8 Å². The highest BCUT2D eigenvalue weighted by Gasteiger charge is 2.61. The normalized spacial score (nSPS) is 34.9. The van der Waals surface area contributed by atoms with E-state index in [0.29, 0.717) is 43.1 Å². The Morgan fingerprint density at radius 1 is 0.867 bits per heavy atom. The number of amides is 2. The number of ketones is 1. The third-order valence-electron chi connectivity index (χ3n) is 7.80. The zero-order valence-electron chi connectivity index (χ0n) is 17.0. The maximum atomic E-state index is 13.0. The Hall–Kier alpha value is -2.50. The van der Waals surface area contributed by atoms with E-state index in [1.165, 1.54) is 0 Å². The minimum atomic E-state index is -0.355. The van der Waals surface area contributed by atoms with Crippen molar-refractivity contribution in [3.63, 3.8) is 0 Å². The van der Waals surface area contributed by atoms with E-state index in [4.69, 9.17) is 4.74 Å². The van der Waals surface area contributed by atoms with Crippen molar-refractivity contribution in [1.82, 2.24) is 4.90 Å². The molecule has 4 atom stereocenters. The molecule has 5 rings (SSSR count). The number of Topliss-reactive ketones (excluding diaryl/α,β-unsaturated/α-hetero) is 1. The molecule has 30 heavy (non-hydrogen) atoms. The molecule has 2 bridgehead atoms. The molecular weight excluding hydrogens is 382 g/mol. The summed E-state index contributed by atoms with van der Waals surface area (Å²) >= 11 is 0. The minimum Gasteiger partial charge on any atom is -0.457 e. The molecular formula is C24H27NO5. The molecule has 6 heteroatoms. The van der Waals surface area contributed by atoms with Crippen LogP contribution in [0.15, 0.2) is 30.3 Å². The van der Waals surface area contributed by atoms with Gasteiger partial charge in [-0.2, -0.15) is 0 Å². The van der Waals surface area contributed by atoms with Gasteiger partial charge in [-0.15, -0.1) is 0 Å². The van der Waals surface area contributed by atoms with Crippen LogP contribution in [-0.2, 0) is 19.1 Å². The zero-order valence-corrected chi connectivity index (χ0v) is 17.0. The third kappa shape index (κ3) is 3.17. The van der Waals surface area contributed by atoms with Crippen molar-refractivity contribution in [3.05, 3.63) is 35.9 Å². The highest BCUT2D eigenvalue weighted by Crippen LogP contribution is 2.56. The predicted molar refractivity (Wildman–Crippen MR) is 107 cm³/mol. The van der Waals surface area contributed by atoms with E-state index in [-0.39, 0.29) is 54.0 Å². The molecule has 1 heterocycles. The molecule has 1 aliphatic heterocycles. The number of rotatable bonds is 5. The molecule has 4 aliphatic rings. The van der Waals surface area contributed by atoms with Crippen molar-refractivity contribution < 1.29 is 23.9 Å². The number of ether oxygens (including phenoxy) is 1. The van der Waals surface area contributed by atoms with E-state index in [2.05, 4.69) is 0 Å². The Bertz CT molecular complexity index is 845. The molecule has 4 fully saturated rings. The Morgan fingerprint density at radius 3 is 2.07 bits per heavy atom. The lowest BCUT2D eigenvalue weighted by atomic mass is 9.81. The van der Waals surface area contributed by atoms with E-state index in [9.17, 15) is 19.2 Å². The van der Waals surface area contributed by atoms with Gasteiger partial charge in [-0.3, -0.25) is 24.1 Å². The highest BCUT2D eigenvalue weighted by atomic mass is 16.5. The van der Waals surface area contributed by atoms with Crippen LogP contribution in [0.1, 0.15) is 55.3 Å². The largest absolute Gasteiger partial charge is 0.457 e. The average Bonchev–Trinajstić information content (AvgIpc) is 3.46. The second-order valence-corrected chi connectivity index (χ2v) is 9.33. The summed E-state index contributed by atoms with van der Waals surface area (Å²) in [4.78, 5) is 52.1. The van der Waals surface area contributed by atoms with Gasteiger partial charge < -0.3 is 4.74 Å². The van der Waals surface area contributed by atoms with Crippen molar-refractivity contribution in [2.75, 3.05) is 6.61 Å². The Labute approximate surface area is 175 Å². The van der Waals surface area contributed by atoms with Gasteiger partial charge in [0.15, 0.2) is 12.4 Å². The Morgan fingerprint density at radius 2 is 1.47 bits per heavy atom. The molecule has 2 amide bonds. The minimum absolute atomic E-state index is 0.0386. The van der Waals surface area contributed by atoms with Crippen LogP contribution in [0.4, 0.5) is 0 Å². The number of esters is 1. The molecule has 0 spiro atoms. The standard InChI is InChI=1S/C24H27NO5/c26-19(14-4-2-1-3-5-14)13-30-24(29)15-8-10-18(11-9-15)25-22(27)20-16-6-7-17(12-16)21(20)23(25)28/h1-5,15-18,20-21H,6-13H2/t15?,16-,17-,18?,20-,21-/m0/s1. The Kier molecular flexibility index (Phi) is 4.95. The SMILES string of the molecule is O=C(COC(=O)C1CCC(N2C(=O)[C@H]3[C@H]4CC[C@@H](C4)[C@@H]3C2=O)CC1)c1ccccc1. The van der Waals surface area contributed by atoms with E-state index in [0.717, 1.165) is 19.3 Å². The summed E-state index contributed by atoms with van der Waals surface area (Å²) in [5.74, 6) is -0.129. The second kappa shape index (κ2) is 7.64. The molecule has 1 saturated heterocycles. The van der Waals surface area contributed by atoms with Crippen molar-refractivity contribution in [3.8, 4) is 0 Å². The summed E-state index contributed by atoms with van der Waals surface area (Å²) in [6.45, 7) is -0.252. The first-order valence-electron chi connectivity index (χ1n) is 11.2. The zero-order chi connectivity index (χ0) is 20.8. The van der Waals surface area contributed by atoms with Crippen molar-refractivity contribution in [2.45, 2.75) is 51.0 Å². The fourth-order valence-electron chi connectivity index (χ4n) is 6.32. The van der Waals surface area contributed by atoms with Crippen LogP contribution in [0.3, 0.4) is 0 Å². The topological polar surface area (TPSA) is 80.8 Å². The molecule has 0 N–H and O–H groups in total. The van der Waals surface area contributed by atoms with E-state index >= 15 is 0 Å². The summed E-state index contributed by atoms with van der Waals surface area (Å²) in [7, 11) is 0. The highest BCUT2D eigenvalue weighted by molar-refractivity contribution is 6.06. The first kappa shape index (κ1) is 19.5. The van der Waals surface area contributed by atoms with Gasteiger partial charge in [0.1, 0.15) is 0 Å². The van der Waals surface area contributed by atoms with E-state index in [1.807, 2.05) is 6.07 Å². The van der Waals surface area contributed by atoms with Crippen LogP contribution < -0.4 is 0 Å². The summed E-state index contributed by atoms with van der Waals surface area (Å²) in [5.41, 5.74) is 0.527. The van der Waals surface area contributed by atoms with E-state index in [1.54, 1.807) is 29.2 Å². The molecule has 1 aromatic rings. The van der Waals surface area contributed by atoms with E-state index < -0.39 is 0 Å². The quantitative estimate of drug-likeness (QED) is 0.424. The van der Waals surface area contributed by atoms with Gasteiger partial charge in [0, 0.05) is 11.6 Å². The number of fused-ring (bicyclic) bond motifs is 5.